The summed E-state index contributed by atoms with van der Waals surface area (Å²) in [5, 5.41) is 13.6. The number of aromatic nitrogens is 1. The molecule has 8 nitrogen and oxygen atoms in total. The van der Waals surface area contributed by atoms with E-state index in [4.69, 9.17) is 15.2 Å². The first-order valence-electron chi connectivity index (χ1n) is 10.7. The molecule has 31 heavy (non-hydrogen) atoms. The smallest absolute Gasteiger partial charge is 0.218 e. The fourth-order valence-corrected chi connectivity index (χ4v) is 4.44. The molecule has 2 atom stereocenters. The molecule has 1 amide bonds. The Balaban J connectivity index is 1.71. The monoisotopic (exact) mass is 424 g/mol. The van der Waals surface area contributed by atoms with Crippen molar-refractivity contribution in [3.63, 3.8) is 0 Å². The number of nitrogens with two attached hydrogens (primary N) is 1. The van der Waals surface area contributed by atoms with Crippen molar-refractivity contribution in [3.05, 3.63) is 53.0 Å². The summed E-state index contributed by atoms with van der Waals surface area (Å²) in [4.78, 5) is 29.0. The second kappa shape index (κ2) is 8.93. The van der Waals surface area contributed by atoms with Gasteiger partial charge in [0.25, 0.3) is 0 Å². The molecule has 0 spiro atoms. The molecular weight excluding hydrogens is 398 g/mol. The number of carbonyl (C=O) groups excluding carboxylic acids is 2. The van der Waals surface area contributed by atoms with Crippen molar-refractivity contribution in [2.75, 3.05) is 11.7 Å². The van der Waals surface area contributed by atoms with E-state index in [1.807, 2.05) is 6.92 Å². The second-order valence-electron chi connectivity index (χ2n) is 7.95. The van der Waals surface area contributed by atoms with Gasteiger partial charge in [-0.25, -0.2) is 0 Å². The highest BCUT2D eigenvalue weighted by atomic mass is 16.5. The lowest BCUT2D eigenvalue weighted by atomic mass is 9.86. The van der Waals surface area contributed by atoms with Crippen LogP contribution in [0.25, 0.3) is 0 Å². The minimum Gasteiger partial charge on any atom is -0.758 e. The molecule has 2 unspecified atom stereocenters. The predicted molar refractivity (Wildman–Crippen MR) is 115 cm³/mol. The number of carbonyl (C=O) groups is 2. The van der Waals surface area contributed by atoms with E-state index in [0.29, 0.717) is 28.7 Å². The average molecular weight is 424 g/mol. The van der Waals surface area contributed by atoms with Gasteiger partial charge in [0.2, 0.25) is 11.7 Å². The summed E-state index contributed by atoms with van der Waals surface area (Å²) in [6.45, 7) is 2.36. The van der Waals surface area contributed by atoms with Crippen LogP contribution in [0, 0.1) is 5.21 Å². The number of Topliss-reactive ketones (excluding diaryl/α,β-unsaturated/α-hetero) is 1. The summed E-state index contributed by atoms with van der Waals surface area (Å²) in [5.41, 5.74) is 6.45. The molecule has 2 heterocycles. The molecule has 1 aromatic heterocycles. The number of primary amides is 1. The van der Waals surface area contributed by atoms with Crippen molar-refractivity contribution in [3.8, 4) is 11.5 Å². The van der Waals surface area contributed by atoms with Crippen LogP contribution in [0.1, 0.15) is 61.0 Å². The van der Waals surface area contributed by atoms with Gasteiger partial charge in [0, 0.05) is 18.5 Å². The number of fused-ring (bicyclic) bond motifs is 1. The van der Waals surface area contributed by atoms with E-state index in [1.54, 1.807) is 30.3 Å². The van der Waals surface area contributed by atoms with E-state index < -0.39 is 23.7 Å². The van der Waals surface area contributed by atoms with Gasteiger partial charge in [-0.1, -0.05) is 6.07 Å². The number of hydrogen-bond donors (Lipinski definition) is 1. The highest BCUT2D eigenvalue weighted by molar-refractivity contribution is 6.10. The maximum atomic E-state index is 13.0. The number of hydrogen-bond acceptors (Lipinski definition) is 7. The lowest BCUT2D eigenvalue weighted by Crippen LogP contribution is -2.38. The number of amides is 1. The summed E-state index contributed by atoms with van der Waals surface area (Å²) in [7, 11) is 0. The van der Waals surface area contributed by atoms with Gasteiger partial charge in [-0.15, -0.1) is 0 Å². The first kappa shape index (κ1) is 21.1. The van der Waals surface area contributed by atoms with Gasteiger partial charge >= 0.3 is 0 Å². The van der Waals surface area contributed by atoms with Crippen LogP contribution in [0.4, 0.5) is 5.69 Å². The molecule has 0 bridgehead atoms. The standard InChI is InChI=1S/C23H26N3O5/c1-2-30-18-10-9-14(12-19(18)31-15-6-3-4-7-15)16(13-20(24)27)22-23(28)21-17(26(22)29)8-5-11-25-21/h5,8-12,15-16,22H,2-4,6-7,13H2,1H3,(H2,24,27)/q-1. The zero-order chi connectivity index (χ0) is 22.0. The Kier molecular flexibility index (Phi) is 6.08. The van der Waals surface area contributed by atoms with Gasteiger partial charge in [-0.05, 0) is 62.4 Å². The van der Waals surface area contributed by atoms with Gasteiger partial charge in [-0.3, -0.25) is 14.6 Å². The Morgan fingerprint density at radius 2 is 2.06 bits per heavy atom. The summed E-state index contributed by atoms with van der Waals surface area (Å²) < 4.78 is 11.9. The maximum absolute atomic E-state index is 13.0. The van der Waals surface area contributed by atoms with Gasteiger partial charge < -0.3 is 25.5 Å². The van der Waals surface area contributed by atoms with Gasteiger partial charge in [-0.2, -0.15) is 0 Å². The molecule has 2 aromatic rings. The quantitative estimate of drug-likeness (QED) is 0.690. The van der Waals surface area contributed by atoms with E-state index in [9.17, 15) is 14.8 Å². The van der Waals surface area contributed by atoms with Crippen LogP contribution in [0.2, 0.25) is 0 Å². The highest BCUT2D eigenvalue weighted by Gasteiger charge is 2.40. The van der Waals surface area contributed by atoms with E-state index >= 15 is 0 Å². The van der Waals surface area contributed by atoms with E-state index in [2.05, 4.69) is 4.98 Å². The van der Waals surface area contributed by atoms with E-state index in [1.165, 1.54) is 6.20 Å². The van der Waals surface area contributed by atoms with Crippen molar-refractivity contribution in [2.45, 2.75) is 57.1 Å². The van der Waals surface area contributed by atoms with Crippen molar-refractivity contribution in [1.82, 2.24) is 4.98 Å². The number of pyridine rings is 1. The molecule has 2 aliphatic rings. The SMILES string of the molecule is CCOc1ccc(C(CC(N)=O)C2C(=O)c3ncccc3N2[O-])cc1OC1CCCC1. The van der Waals surface area contributed by atoms with E-state index in [-0.39, 0.29) is 23.9 Å². The topological polar surface area (TPSA) is 118 Å². The summed E-state index contributed by atoms with van der Waals surface area (Å²) in [5.74, 6) is -0.596. The zero-order valence-corrected chi connectivity index (χ0v) is 17.5. The van der Waals surface area contributed by atoms with Crippen LogP contribution in [0.15, 0.2) is 36.5 Å². The molecule has 1 fully saturated rings. The van der Waals surface area contributed by atoms with Gasteiger partial charge in [0.1, 0.15) is 5.69 Å². The fraction of sp³-hybridized carbons (Fsp3) is 0.435. The number of anilines is 1. The lowest BCUT2D eigenvalue weighted by molar-refractivity contribution is -0.118. The number of ether oxygens (including phenoxy) is 2. The Hall–Kier alpha value is -3.13. The van der Waals surface area contributed by atoms with Crippen LogP contribution in [0.3, 0.4) is 0 Å². The largest absolute Gasteiger partial charge is 0.758 e. The lowest BCUT2D eigenvalue weighted by Gasteiger charge is -2.36. The Labute approximate surface area is 180 Å². The molecule has 2 N–H and O–H groups in total. The summed E-state index contributed by atoms with van der Waals surface area (Å²) in [6, 6.07) is 7.34. The molecular formula is C23H26N3O5-. The third-order valence-corrected chi connectivity index (χ3v) is 5.87. The first-order chi connectivity index (χ1) is 15.0. The molecule has 8 heteroatoms. The normalized spacial score (nSPS) is 19.4. The Morgan fingerprint density at radius 3 is 2.74 bits per heavy atom. The van der Waals surface area contributed by atoms with Crippen molar-refractivity contribution >= 4 is 17.4 Å². The molecule has 1 aliphatic carbocycles. The molecule has 1 aliphatic heterocycles. The van der Waals surface area contributed by atoms with Crippen LogP contribution in [-0.2, 0) is 4.79 Å². The summed E-state index contributed by atoms with van der Waals surface area (Å²) >= 11 is 0. The number of nitrogens with zero attached hydrogens (tertiary/aromatic N) is 2. The van der Waals surface area contributed by atoms with Crippen molar-refractivity contribution in [1.29, 1.82) is 0 Å². The van der Waals surface area contributed by atoms with Gasteiger partial charge in [0.15, 0.2) is 11.5 Å². The number of rotatable bonds is 8. The predicted octanol–water partition coefficient (Wildman–Crippen LogP) is 3.33. The molecule has 1 saturated carbocycles. The van der Waals surface area contributed by atoms with Crippen LogP contribution in [0.5, 0.6) is 11.5 Å². The fourth-order valence-electron chi connectivity index (χ4n) is 4.44. The molecule has 4 rings (SSSR count). The minimum absolute atomic E-state index is 0.0987. The van der Waals surface area contributed by atoms with Crippen LogP contribution >= 0.6 is 0 Å². The molecule has 164 valence electrons. The number of ketones is 1. The summed E-state index contributed by atoms with van der Waals surface area (Å²) in [6.07, 6.45) is 5.59. The first-order valence-corrected chi connectivity index (χ1v) is 10.7. The van der Waals surface area contributed by atoms with Crippen molar-refractivity contribution in [2.24, 2.45) is 5.73 Å². The zero-order valence-electron chi connectivity index (χ0n) is 17.5. The van der Waals surface area contributed by atoms with Gasteiger partial charge in [0.05, 0.1) is 24.4 Å². The molecule has 0 saturated heterocycles. The number of hydroxylamine groups is 1. The van der Waals surface area contributed by atoms with Crippen molar-refractivity contribution < 1.29 is 19.1 Å². The second-order valence-corrected chi connectivity index (χ2v) is 7.95. The maximum Gasteiger partial charge on any atom is 0.218 e. The molecule has 1 aromatic carbocycles. The minimum atomic E-state index is -1.12. The Morgan fingerprint density at radius 1 is 1.29 bits per heavy atom. The average Bonchev–Trinajstić information content (AvgIpc) is 3.35. The molecule has 0 radical (unpaired) electrons. The van der Waals surface area contributed by atoms with Crippen LogP contribution < -0.4 is 20.3 Å². The highest BCUT2D eigenvalue weighted by Crippen LogP contribution is 2.41. The third-order valence-electron chi connectivity index (χ3n) is 5.87. The van der Waals surface area contributed by atoms with Crippen LogP contribution in [-0.4, -0.2) is 35.4 Å². The Bertz CT molecular complexity index is 973. The number of benzene rings is 1. The third kappa shape index (κ3) is 4.20. The van der Waals surface area contributed by atoms with E-state index in [0.717, 1.165) is 25.7 Å².